The number of nitrogens with zero attached hydrogens (tertiary/aromatic N) is 3. The van der Waals surface area contributed by atoms with Crippen LogP contribution in [-0.2, 0) is 11.2 Å². The summed E-state index contributed by atoms with van der Waals surface area (Å²) in [5.41, 5.74) is 10.1. The first kappa shape index (κ1) is 18.1. The maximum absolute atomic E-state index is 12.8. The molecule has 2 aromatic rings. The van der Waals surface area contributed by atoms with Crippen molar-refractivity contribution in [2.75, 3.05) is 31.1 Å². The van der Waals surface area contributed by atoms with Gasteiger partial charge in [-0.2, -0.15) is 5.26 Å². The average Bonchev–Trinajstić information content (AvgIpc) is 3.35. The van der Waals surface area contributed by atoms with Crippen molar-refractivity contribution in [1.29, 1.82) is 5.26 Å². The molecular formula is C22H22N4O2. The van der Waals surface area contributed by atoms with Crippen LogP contribution >= 0.6 is 0 Å². The zero-order chi connectivity index (χ0) is 19.7. The zero-order valence-electron chi connectivity index (χ0n) is 15.6. The third-order valence-corrected chi connectivity index (χ3v) is 5.70. The predicted molar refractivity (Wildman–Crippen MR) is 107 cm³/mol. The summed E-state index contributed by atoms with van der Waals surface area (Å²) in [7, 11) is 0. The van der Waals surface area contributed by atoms with Gasteiger partial charge in [0.15, 0.2) is 12.0 Å². The van der Waals surface area contributed by atoms with Gasteiger partial charge in [-0.15, -0.1) is 0 Å². The van der Waals surface area contributed by atoms with Crippen LogP contribution in [0.25, 0.3) is 11.1 Å². The van der Waals surface area contributed by atoms with Crippen LogP contribution in [0.3, 0.4) is 0 Å². The van der Waals surface area contributed by atoms with Crippen LogP contribution in [0, 0.1) is 17.4 Å². The van der Waals surface area contributed by atoms with E-state index in [1.807, 2.05) is 41.3 Å². The summed E-state index contributed by atoms with van der Waals surface area (Å²) >= 11 is 0. The predicted octanol–water partition coefficient (Wildman–Crippen LogP) is 2.19. The lowest BCUT2D eigenvalue weighted by molar-refractivity contribution is -0.121. The molecule has 2 N–H and O–H groups in total. The molecule has 2 aliphatic heterocycles. The van der Waals surface area contributed by atoms with Gasteiger partial charge >= 0.3 is 0 Å². The van der Waals surface area contributed by atoms with E-state index in [0.29, 0.717) is 25.2 Å². The maximum Gasteiger partial charge on any atom is 0.248 e. The molecule has 28 heavy (non-hydrogen) atoms. The van der Waals surface area contributed by atoms with Gasteiger partial charge in [0.25, 0.3) is 0 Å². The first-order valence-electron chi connectivity index (χ1n) is 9.51. The molecule has 0 radical (unpaired) electrons. The summed E-state index contributed by atoms with van der Waals surface area (Å²) in [5, 5.41) is 9.01. The molecule has 1 saturated heterocycles. The monoisotopic (exact) mass is 374 g/mol. The minimum absolute atomic E-state index is 0.100. The Labute approximate surface area is 164 Å². The van der Waals surface area contributed by atoms with Crippen LogP contribution in [0.1, 0.15) is 22.3 Å². The van der Waals surface area contributed by atoms with Gasteiger partial charge in [0.05, 0.1) is 6.54 Å². The third kappa shape index (κ3) is 3.31. The number of primary amides is 1. The highest BCUT2D eigenvalue weighted by atomic mass is 16.1. The molecule has 2 aromatic carbocycles. The van der Waals surface area contributed by atoms with Crippen LogP contribution in [0.5, 0.6) is 0 Å². The van der Waals surface area contributed by atoms with Crippen molar-refractivity contribution in [2.45, 2.75) is 12.8 Å². The number of rotatable bonds is 5. The molecule has 1 fully saturated rings. The number of amides is 1. The van der Waals surface area contributed by atoms with Crippen molar-refractivity contribution >= 4 is 17.4 Å². The van der Waals surface area contributed by atoms with E-state index in [9.17, 15) is 9.59 Å². The number of ketones is 1. The Morgan fingerprint density at radius 2 is 1.96 bits per heavy atom. The number of Topliss-reactive ketones (excluding diaryl/α,β-unsaturated/α-hetero) is 1. The Morgan fingerprint density at radius 1 is 1.18 bits per heavy atom. The molecule has 0 saturated carbocycles. The Hall–Kier alpha value is -3.33. The van der Waals surface area contributed by atoms with Gasteiger partial charge in [-0.1, -0.05) is 30.3 Å². The largest absolute Gasteiger partial charge is 0.366 e. The zero-order valence-corrected chi connectivity index (χ0v) is 15.6. The first-order chi connectivity index (χ1) is 13.6. The highest BCUT2D eigenvalue weighted by molar-refractivity contribution is 5.97. The fourth-order valence-electron chi connectivity index (χ4n) is 4.18. The van der Waals surface area contributed by atoms with Crippen molar-refractivity contribution in [3.63, 3.8) is 0 Å². The second-order valence-electron chi connectivity index (χ2n) is 7.42. The van der Waals surface area contributed by atoms with Gasteiger partial charge in [0.2, 0.25) is 5.91 Å². The lowest BCUT2D eigenvalue weighted by Crippen LogP contribution is -2.33. The summed E-state index contributed by atoms with van der Waals surface area (Å²) in [6, 6.07) is 13.6. The van der Waals surface area contributed by atoms with E-state index in [4.69, 9.17) is 11.0 Å². The van der Waals surface area contributed by atoms with E-state index < -0.39 is 5.91 Å². The van der Waals surface area contributed by atoms with Crippen LogP contribution in [-0.4, -0.2) is 42.8 Å². The van der Waals surface area contributed by atoms with E-state index >= 15 is 0 Å². The van der Waals surface area contributed by atoms with E-state index in [1.54, 1.807) is 11.0 Å². The molecule has 1 amide bonds. The summed E-state index contributed by atoms with van der Waals surface area (Å²) in [6.07, 6.45) is 3.67. The van der Waals surface area contributed by atoms with Gasteiger partial charge in [0, 0.05) is 36.8 Å². The molecule has 1 unspecified atom stereocenters. The van der Waals surface area contributed by atoms with Crippen molar-refractivity contribution in [2.24, 2.45) is 11.7 Å². The van der Waals surface area contributed by atoms with Crippen LogP contribution in [0.2, 0.25) is 0 Å². The second-order valence-corrected chi connectivity index (χ2v) is 7.42. The molecule has 0 aromatic heterocycles. The molecule has 0 aliphatic carbocycles. The van der Waals surface area contributed by atoms with Crippen molar-refractivity contribution in [3.8, 4) is 17.3 Å². The Bertz CT molecular complexity index is 964. The third-order valence-electron chi connectivity index (χ3n) is 5.70. The minimum atomic E-state index is -0.474. The molecule has 0 spiro atoms. The number of hydrogen-bond acceptors (Lipinski definition) is 5. The molecule has 4 rings (SSSR count). The fourth-order valence-corrected chi connectivity index (χ4v) is 4.18. The summed E-state index contributed by atoms with van der Waals surface area (Å²) in [6.45, 7) is 2.19. The second kappa shape index (κ2) is 7.35. The van der Waals surface area contributed by atoms with Gasteiger partial charge in [-0.05, 0) is 41.7 Å². The number of nitriles is 1. The highest BCUT2D eigenvalue weighted by Crippen LogP contribution is 2.37. The number of nitrogens with two attached hydrogens (primary N) is 1. The van der Waals surface area contributed by atoms with Crippen LogP contribution < -0.4 is 10.6 Å². The van der Waals surface area contributed by atoms with Crippen LogP contribution in [0.15, 0.2) is 42.5 Å². The highest BCUT2D eigenvalue weighted by Gasteiger charge is 2.31. The molecular weight excluding hydrogens is 352 g/mol. The van der Waals surface area contributed by atoms with Gasteiger partial charge in [0.1, 0.15) is 0 Å². The number of anilines is 1. The smallest absolute Gasteiger partial charge is 0.248 e. The van der Waals surface area contributed by atoms with E-state index in [0.717, 1.165) is 41.8 Å². The number of likely N-dealkylation sites (tertiary alicyclic amines) is 1. The Morgan fingerprint density at radius 3 is 2.64 bits per heavy atom. The van der Waals surface area contributed by atoms with Crippen LogP contribution in [0.4, 0.5) is 5.69 Å². The number of benzene rings is 2. The van der Waals surface area contributed by atoms with Crippen molar-refractivity contribution < 1.29 is 9.59 Å². The Balaban J connectivity index is 1.64. The molecule has 2 heterocycles. The lowest BCUT2D eigenvalue weighted by Gasteiger charge is -2.21. The average molecular weight is 374 g/mol. The van der Waals surface area contributed by atoms with E-state index in [1.165, 1.54) is 0 Å². The quantitative estimate of drug-likeness (QED) is 0.810. The normalized spacial score (nSPS) is 18.0. The minimum Gasteiger partial charge on any atom is -0.366 e. The van der Waals surface area contributed by atoms with Crippen molar-refractivity contribution in [3.05, 3.63) is 53.6 Å². The topological polar surface area (TPSA) is 90.4 Å². The number of hydrogen-bond donors (Lipinski definition) is 1. The fraction of sp³-hybridized carbons (Fsp3) is 0.318. The number of carbonyl (C=O) groups is 2. The van der Waals surface area contributed by atoms with E-state index in [-0.39, 0.29) is 11.7 Å². The molecule has 2 aliphatic rings. The Kier molecular flexibility index (Phi) is 4.74. The summed E-state index contributed by atoms with van der Waals surface area (Å²) in [4.78, 5) is 28.4. The van der Waals surface area contributed by atoms with Gasteiger partial charge in [-0.3, -0.25) is 9.59 Å². The molecule has 1 atom stereocenters. The molecule has 6 nitrogen and oxygen atoms in total. The van der Waals surface area contributed by atoms with Gasteiger partial charge < -0.3 is 15.5 Å². The standard InChI is InChI=1S/C22H22N4O2/c23-14-25-8-6-16(12-25)21(27)13-26-9-7-18-19(15-4-2-1-3-5-15)10-17(22(24)28)11-20(18)26/h1-5,10-11,16H,6-9,12-13H2,(H2,24,28). The van der Waals surface area contributed by atoms with Crippen molar-refractivity contribution in [1.82, 2.24) is 4.90 Å². The first-order valence-corrected chi connectivity index (χ1v) is 9.51. The molecule has 0 bridgehead atoms. The SMILES string of the molecule is N#CN1CCC(C(=O)CN2CCc3c(-c4ccccc4)cc(C(N)=O)cc32)C1. The number of fused-ring (bicyclic) bond motifs is 1. The van der Waals surface area contributed by atoms with E-state index in [2.05, 4.69) is 6.19 Å². The molecule has 142 valence electrons. The maximum atomic E-state index is 12.8. The van der Waals surface area contributed by atoms with Gasteiger partial charge in [-0.25, -0.2) is 0 Å². The summed E-state index contributed by atoms with van der Waals surface area (Å²) < 4.78 is 0. The molecule has 6 heteroatoms. The lowest BCUT2D eigenvalue weighted by atomic mass is 9.95. The summed E-state index contributed by atoms with van der Waals surface area (Å²) in [5.74, 6) is -0.424. The number of carbonyl (C=O) groups excluding carboxylic acids is 2.